The van der Waals surface area contributed by atoms with E-state index in [-0.39, 0.29) is 34.6 Å². The van der Waals surface area contributed by atoms with Crippen LogP contribution in [0, 0.1) is 0 Å². The number of para-hydroxylation sites is 1. The van der Waals surface area contributed by atoms with Gasteiger partial charge in [-0.25, -0.2) is 10.4 Å². The smallest absolute Gasteiger partial charge is 0.275 e. The van der Waals surface area contributed by atoms with Gasteiger partial charge >= 0.3 is 0 Å². The van der Waals surface area contributed by atoms with Crippen molar-refractivity contribution in [2.75, 3.05) is 18.0 Å². The minimum absolute atomic E-state index is 0.0228. The molecule has 0 bridgehead atoms. The molecule has 3 aromatic rings. The monoisotopic (exact) mass is 421 g/mol. The molecular formula is C22H23N5O4. The Morgan fingerprint density at radius 2 is 1.90 bits per heavy atom. The van der Waals surface area contributed by atoms with Gasteiger partial charge in [0, 0.05) is 19.3 Å². The summed E-state index contributed by atoms with van der Waals surface area (Å²) in [4.78, 5) is 32.2. The summed E-state index contributed by atoms with van der Waals surface area (Å²) in [5.41, 5.74) is 2.92. The first-order chi connectivity index (χ1) is 14.9. The Morgan fingerprint density at radius 3 is 2.65 bits per heavy atom. The van der Waals surface area contributed by atoms with E-state index in [4.69, 9.17) is 4.74 Å². The molecule has 1 saturated heterocycles. The van der Waals surface area contributed by atoms with Gasteiger partial charge < -0.3 is 14.7 Å². The van der Waals surface area contributed by atoms with Crippen molar-refractivity contribution in [1.29, 1.82) is 0 Å². The van der Waals surface area contributed by atoms with Crippen LogP contribution in [0.2, 0.25) is 0 Å². The molecule has 1 fully saturated rings. The van der Waals surface area contributed by atoms with Crippen molar-refractivity contribution in [3.05, 3.63) is 70.1 Å². The highest BCUT2D eigenvalue weighted by Gasteiger charge is 2.26. The quantitative estimate of drug-likeness (QED) is 0.491. The van der Waals surface area contributed by atoms with Gasteiger partial charge in [-0.2, -0.15) is 5.10 Å². The molecule has 2 atom stereocenters. The van der Waals surface area contributed by atoms with Crippen molar-refractivity contribution in [3.63, 3.8) is 0 Å². The number of hydrogen-bond acceptors (Lipinski definition) is 7. The first-order valence-corrected chi connectivity index (χ1v) is 9.97. The van der Waals surface area contributed by atoms with Crippen LogP contribution >= 0.6 is 0 Å². The lowest BCUT2D eigenvalue weighted by Crippen LogP contribution is -2.47. The van der Waals surface area contributed by atoms with Gasteiger partial charge in [0.05, 0.1) is 24.0 Å². The molecule has 9 heteroatoms. The van der Waals surface area contributed by atoms with Crippen LogP contribution < -0.4 is 15.9 Å². The third kappa shape index (κ3) is 4.26. The van der Waals surface area contributed by atoms with Crippen LogP contribution in [0.25, 0.3) is 5.65 Å². The molecule has 9 nitrogen and oxygen atoms in total. The van der Waals surface area contributed by atoms with Gasteiger partial charge in [0.15, 0.2) is 0 Å². The third-order valence-corrected chi connectivity index (χ3v) is 4.98. The number of hydrogen-bond donors (Lipinski definition) is 2. The summed E-state index contributed by atoms with van der Waals surface area (Å²) in [6.45, 7) is 5.09. The highest BCUT2D eigenvalue weighted by atomic mass is 16.5. The maximum atomic E-state index is 13.2. The van der Waals surface area contributed by atoms with Gasteiger partial charge in [-0.1, -0.05) is 18.2 Å². The van der Waals surface area contributed by atoms with E-state index >= 15 is 0 Å². The first kappa shape index (κ1) is 20.5. The number of anilines is 1. The molecular weight excluding hydrogens is 398 g/mol. The van der Waals surface area contributed by atoms with Gasteiger partial charge in [0.25, 0.3) is 11.5 Å². The zero-order chi connectivity index (χ0) is 22.0. The van der Waals surface area contributed by atoms with Crippen molar-refractivity contribution in [2.45, 2.75) is 26.1 Å². The van der Waals surface area contributed by atoms with Crippen molar-refractivity contribution in [2.24, 2.45) is 5.10 Å². The number of ether oxygens (including phenoxy) is 1. The maximum Gasteiger partial charge on any atom is 0.275 e. The van der Waals surface area contributed by atoms with Crippen LogP contribution in [0.3, 0.4) is 0 Å². The fraction of sp³-hybridized carbons (Fsp3) is 0.273. The molecule has 2 aromatic heterocycles. The summed E-state index contributed by atoms with van der Waals surface area (Å²) < 4.78 is 7.23. The van der Waals surface area contributed by atoms with Gasteiger partial charge in [-0.3, -0.25) is 14.0 Å². The minimum Gasteiger partial charge on any atom is -0.507 e. The summed E-state index contributed by atoms with van der Waals surface area (Å²) in [5, 5.41) is 13.8. The van der Waals surface area contributed by atoms with Crippen LogP contribution in [-0.2, 0) is 4.74 Å². The lowest BCUT2D eigenvalue weighted by atomic mass is 10.2. The number of carbonyl (C=O) groups excluding carboxylic acids is 1. The molecule has 1 amide bonds. The molecule has 3 heterocycles. The number of aromatic hydroxyl groups is 1. The van der Waals surface area contributed by atoms with Crippen LogP contribution in [-0.4, -0.2) is 51.9 Å². The highest BCUT2D eigenvalue weighted by molar-refractivity contribution is 5.97. The largest absolute Gasteiger partial charge is 0.507 e. The van der Waals surface area contributed by atoms with Crippen LogP contribution in [0.15, 0.2) is 58.6 Å². The number of aromatic nitrogens is 2. The molecule has 0 aliphatic carbocycles. The number of benzene rings is 1. The SMILES string of the molecule is CC1CN(c2nc3ccccn3c(=O)c2/C=N/NC(=O)c2ccccc2O)CC(C)O1. The second kappa shape index (κ2) is 8.57. The average molecular weight is 421 g/mol. The molecule has 1 aromatic carbocycles. The molecule has 0 saturated carbocycles. The van der Waals surface area contributed by atoms with E-state index in [9.17, 15) is 14.7 Å². The zero-order valence-corrected chi connectivity index (χ0v) is 17.2. The summed E-state index contributed by atoms with van der Waals surface area (Å²) in [7, 11) is 0. The van der Waals surface area contributed by atoms with E-state index in [1.54, 1.807) is 30.5 Å². The Balaban J connectivity index is 1.71. The van der Waals surface area contributed by atoms with Crippen molar-refractivity contribution in [1.82, 2.24) is 14.8 Å². The zero-order valence-electron chi connectivity index (χ0n) is 17.2. The van der Waals surface area contributed by atoms with E-state index in [0.29, 0.717) is 24.6 Å². The number of morpholine rings is 1. The third-order valence-electron chi connectivity index (χ3n) is 4.98. The summed E-state index contributed by atoms with van der Waals surface area (Å²) in [6, 6.07) is 11.5. The van der Waals surface area contributed by atoms with Crippen LogP contribution in [0.1, 0.15) is 29.8 Å². The number of nitrogens with one attached hydrogen (secondary N) is 1. The van der Waals surface area contributed by atoms with Crippen molar-refractivity contribution >= 4 is 23.6 Å². The fourth-order valence-electron chi connectivity index (χ4n) is 3.68. The summed E-state index contributed by atoms with van der Waals surface area (Å²) >= 11 is 0. The van der Waals surface area contributed by atoms with Gasteiger partial charge in [0.1, 0.15) is 22.8 Å². The number of rotatable bonds is 4. The number of fused-ring (bicyclic) bond motifs is 1. The highest BCUT2D eigenvalue weighted by Crippen LogP contribution is 2.21. The topological polar surface area (TPSA) is 109 Å². The molecule has 2 unspecified atom stereocenters. The molecule has 31 heavy (non-hydrogen) atoms. The standard InChI is InChI=1S/C22H23N5O4/c1-14-12-26(13-15(2)31-14)20-17(22(30)27-10-6-5-9-19(27)24-20)11-23-25-21(29)16-7-3-4-8-18(16)28/h3-11,14-15,28H,12-13H2,1-2H3,(H,25,29)/b23-11+. The Labute approximate surface area is 178 Å². The molecule has 1 aliphatic heterocycles. The van der Waals surface area contributed by atoms with E-state index < -0.39 is 5.91 Å². The molecule has 0 radical (unpaired) electrons. The van der Waals surface area contributed by atoms with Gasteiger partial charge in [-0.05, 0) is 38.1 Å². The van der Waals surface area contributed by atoms with Crippen LogP contribution in [0.5, 0.6) is 5.75 Å². The molecule has 160 valence electrons. The average Bonchev–Trinajstić information content (AvgIpc) is 2.74. The number of phenolic OH excluding ortho intramolecular Hbond substituents is 1. The number of carbonyl (C=O) groups is 1. The fourth-order valence-corrected chi connectivity index (χ4v) is 3.68. The maximum absolute atomic E-state index is 13.2. The van der Waals surface area contributed by atoms with Crippen LogP contribution in [0.4, 0.5) is 5.82 Å². The normalized spacial score (nSPS) is 19.1. The lowest BCUT2D eigenvalue weighted by molar-refractivity contribution is -0.00546. The molecule has 2 N–H and O–H groups in total. The second-order valence-corrected chi connectivity index (χ2v) is 7.46. The van der Waals surface area contributed by atoms with E-state index in [0.717, 1.165) is 0 Å². The van der Waals surface area contributed by atoms with Gasteiger partial charge in [-0.15, -0.1) is 0 Å². The number of amides is 1. The number of hydrazone groups is 1. The number of pyridine rings is 1. The minimum atomic E-state index is -0.585. The Hall–Kier alpha value is -3.72. The Bertz CT molecular complexity index is 1200. The van der Waals surface area contributed by atoms with E-state index in [1.807, 2.05) is 24.8 Å². The summed E-state index contributed by atoms with van der Waals surface area (Å²) in [6.07, 6.45) is 2.89. The molecule has 4 rings (SSSR count). The first-order valence-electron chi connectivity index (χ1n) is 9.97. The van der Waals surface area contributed by atoms with Crippen molar-refractivity contribution in [3.8, 4) is 5.75 Å². The molecule has 1 aliphatic rings. The Kier molecular flexibility index (Phi) is 5.68. The Morgan fingerprint density at radius 1 is 1.19 bits per heavy atom. The predicted octanol–water partition coefficient (Wildman–Crippen LogP) is 1.78. The van der Waals surface area contributed by atoms with Crippen molar-refractivity contribution < 1.29 is 14.6 Å². The van der Waals surface area contributed by atoms with E-state index in [1.165, 1.54) is 22.7 Å². The second-order valence-electron chi connectivity index (χ2n) is 7.46. The van der Waals surface area contributed by atoms with Gasteiger partial charge in [0.2, 0.25) is 0 Å². The number of nitrogens with zero attached hydrogens (tertiary/aromatic N) is 4. The van der Waals surface area contributed by atoms with E-state index in [2.05, 4.69) is 15.5 Å². The number of phenols is 1. The lowest BCUT2D eigenvalue weighted by Gasteiger charge is -2.36. The predicted molar refractivity (Wildman–Crippen MR) is 117 cm³/mol. The molecule has 0 spiro atoms. The summed E-state index contributed by atoms with van der Waals surface area (Å²) in [5.74, 6) is -0.253.